The van der Waals surface area contributed by atoms with Crippen LogP contribution < -0.4 is 10.6 Å². The Balaban J connectivity index is 1.76. The molecule has 1 aliphatic heterocycles. The van der Waals surface area contributed by atoms with Crippen molar-refractivity contribution < 1.29 is 4.79 Å². The Morgan fingerprint density at radius 3 is 3.27 bits per heavy atom. The Morgan fingerprint density at radius 1 is 1.67 bits per heavy atom. The van der Waals surface area contributed by atoms with Gasteiger partial charge in [0.2, 0.25) is 5.91 Å². The lowest BCUT2D eigenvalue weighted by atomic mass is 10.1. The minimum absolute atomic E-state index is 0.0346. The van der Waals surface area contributed by atoms with E-state index in [9.17, 15) is 4.79 Å². The molecular weight excluding hydrogens is 192 g/mol. The Bertz CT molecular complexity index is 303. The number of hydrogen-bond donors (Lipinski definition) is 2. The van der Waals surface area contributed by atoms with E-state index in [1.54, 1.807) is 17.1 Å². The number of nitrogens with zero attached hydrogens (tertiary/aromatic N) is 2. The van der Waals surface area contributed by atoms with Crippen LogP contribution in [0.1, 0.15) is 12.8 Å². The number of carbonyl (C=O) groups is 1. The molecule has 1 aromatic rings. The van der Waals surface area contributed by atoms with Crippen molar-refractivity contribution in [2.45, 2.75) is 25.4 Å². The second-order valence-electron chi connectivity index (χ2n) is 3.81. The first-order valence-electron chi connectivity index (χ1n) is 5.32. The van der Waals surface area contributed by atoms with E-state index in [1.807, 2.05) is 6.07 Å². The van der Waals surface area contributed by atoms with Crippen LogP contribution in [0.5, 0.6) is 0 Å². The number of rotatable bonds is 3. The highest BCUT2D eigenvalue weighted by atomic mass is 16.2. The standard InChI is InChI=1S/C10H16N4O/c15-10(8-14-6-2-5-12-14)13-9-3-1-4-11-7-9/h2,5-6,9,11H,1,3-4,7-8H2,(H,13,15)/t9-/m1/s1. The first kappa shape index (κ1) is 10.2. The Hall–Kier alpha value is -1.36. The molecule has 2 N–H and O–H groups in total. The third kappa shape index (κ3) is 3.06. The van der Waals surface area contributed by atoms with Gasteiger partial charge in [0.25, 0.3) is 0 Å². The van der Waals surface area contributed by atoms with Gasteiger partial charge in [0.05, 0.1) is 0 Å². The van der Waals surface area contributed by atoms with Crippen LogP contribution in [0.25, 0.3) is 0 Å². The molecule has 0 saturated carbocycles. The molecule has 15 heavy (non-hydrogen) atoms. The van der Waals surface area contributed by atoms with Crippen molar-refractivity contribution in [3.63, 3.8) is 0 Å². The lowest BCUT2D eigenvalue weighted by Crippen LogP contribution is -2.46. The van der Waals surface area contributed by atoms with Crippen molar-refractivity contribution >= 4 is 5.91 Å². The van der Waals surface area contributed by atoms with Gasteiger partial charge in [-0.3, -0.25) is 9.48 Å². The van der Waals surface area contributed by atoms with Gasteiger partial charge in [-0.1, -0.05) is 0 Å². The van der Waals surface area contributed by atoms with E-state index in [1.165, 1.54) is 0 Å². The maximum absolute atomic E-state index is 11.6. The summed E-state index contributed by atoms with van der Waals surface area (Å²) < 4.78 is 1.63. The first-order valence-corrected chi connectivity index (χ1v) is 5.32. The lowest BCUT2D eigenvalue weighted by molar-refractivity contribution is -0.122. The zero-order valence-corrected chi connectivity index (χ0v) is 8.65. The van der Waals surface area contributed by atoms with Gasteiger partial charge in [0.15, 0.2) is 0 Å². The normalized spacial score (nSPS) is 21.2. The molecule has 0 unspecified atom stereocenters. The minimum atomic E-state index is 0.0346. The van der Waals surface area contributed by atoms with Crippen molar-refractivity contribution in [3.8, 4) is 0 Å². The molecule has 0 spiro atoms. The van der Waals surface area contributed by atoms with Crippen LogP contribution in [0.15, 0.2) is 18.5 Å². The van der Waals surface area contributed by atoms with Gasteiger partial charge in [0.1, 0.15) is 6.54 Å². The number of carbonyl (C=O) groups excluding carboxylic acids is 1. The van der Waals surface area contributed by atoms with Crippen LogP contribution >= 0.6 is 0 Å². The summed E-state index contributed by atoms with van der Waals surface area (Å²) in [5.74, 6) is 0.0346. The zero-order valence-electron chi connectivity index (χ0n) is 8.65. The Kier molecular flexibility index (Phi) is 3.34. The average Bonchev–Trinajstić information content (AvgIpc) is 2.71. The van der Waals surface area contributed by atoms with E-state index >= 15 is 0 Å². The SMILES string of the molecule is O=C(Cn1cccn1)N[C@@H]1CCCNC1. The van der Waals surface area contributed by atoms with Crippen LogP contribution in [0.2, 0.25) is 0 Å². The maximum Gasteiger partial charge on any atom is 0.241 e. The fourth-order valence-electron chi connectivity index (χ4n) is 1.79. The molecule has 0 aromatic carbocycles. The van der Waals surface area contributed by atoms with Crippen molar-refractivity contribution in [1.29, 1.82) is 0 Å². The molecule has 5 heteroatoms. The van der Waals surface area contributed by atoms with Crippen LogP contribution in [-0.2, 0) is 11.3 Å². The molecule has 0 radical (unpaired) electrons. The molecule has 1 amide bonds. The molecule has 2 rings (SSSR count). The Morgan fingerprint density at radius 2 is 2.60 bits per heavy atom. The van der Waals surface area contributed by atoms with E-state index in [2.05, 4.69) is 15.7 Å². The third-order valence-corrected chi connectivity index (χ3v) is 2.53. The van der Waals surface area contributed by atoms with Gasteiger partial charge in [0, 0.05) is 25.0 Å². The molecule has 1 atom stereocenters. The first-order chi connectivity index (χ1) is 7.34. The summed E-state index contributed by atoms with van der Waals surface area (Å²) in [6.45, 7) is 2.25. The quantitative estimate of drug-likeness (QED) is 0.720. The van der Waals surface area contributed by atoms with Gasteiger partial charge in [-0.2, -0.15) is 5.10 Å². The largest absolute Gasteiger partial charge is 0.350 e. The number of amides is 1. The van der Waals surface area contributed by atoms with Crippen LogP contribution in [-0.4, -0.2) is 34.8 Å². The second kappa shape index (κ2) is 4.93. The molecule has 1 aliphatic rings. The van der Waals surface area contributed by atoms with E-state index in [-0.39, 0.29) is 11.9 Å². The summed E-state index contributed by atoms with van der Waals surface area (Å²) in [5, 5.41) is 10.2. The average molecular weight is 208 g/mol. The van der Waals surface area contributed by atoms with Crippen LogP contribution in [0, 0.1) is 0 Å². The topological polar surface area (TPSA) is 59.0 Å². The molecule has 5 nitrogen and oxygen atoms in total. The fraction of sp³-hybridized carbons (Fsp3) is 0.600. The predicted molar refractivity (Wildman–Crippen MR) is 56.3 cm³/mol. The third-order valence-electron chi connectivity index (χ3n) is 2.53. The summed E-state index contributed by atoms with van der Waals surface area (Å²) in [4.78, 5) is 11.6. The Labute approximate surface area is 88.8 Å². The van der Waals surface area contributed by atoms with Crippen LogP contribution in [0.3, 0.4) is 0 Å². The summed E-state index contributed by atoms with van der Waals surface area (Å²) in [6, 6.07) is 2.09. The van der Waals surface area contributed by atoms with E-state index < -0.39 is 0 Å². The van der Waals surface area contributed by atoms with Crippen molar-refractivity contribution in [2.24, 2.45) is 0 Å². The molecule has 0 bridgehead atoms. The summed E-state index contributed by atoms with van der Waals surface area (Å²) >= 11 is 0. The highest BCUT2D eigenvalue weighted by Crippen LogP contribution is 2.00. The van der Waals surface area contributed by atoms with Crippen molar-refractivity contribution in [2.75, 3.05) is 13.1 Å². The lowest BCUT2D eigenvalue weighted by Gasteiger charge is -2.23. The molecule has 1 saturated heterocycles. The number of aromatic nitrogens is 2. The van der Waals surface area contributed by atoms with E-state index in [0.29, 0.717) is 6.54 Å². The summed E-state index contributed by atoms with van der Waals surface area (Å²) in [7, 11) is 0. The molecule has 0 aliphatic carbocycles. The monoisotopic (exact) mass is 208 g/mol. The molecule has 82 valence electrons. The van der Waals surface area contributed by atoms with Gasteiger partial charge >= 0.3 is 0 Å². The molecular formula is C10H16N4O. The van der Waals surface area contributed by atoms with Gasteiger partial charge in [-0.15, -0.1) is 0 Å². The van der Waals surface area contributed by atoms with Crippen molar-refractivity contribution in [1.82, 2.24) is 20.4 Å². The maximum atomic E-state index is 11.6. The van der Waals surface area contributed by atoms with E-state index in [0.717, 1.165) is 25.9 Å². The minimum Gasteiger partial charge on any atom is -0.350 e. The fourth-order valence-corrected chi connectivity index (χ4v) is 1.79. The number of nitrogens with one attached hydrogen (secondary N) is 2. The van der Waals surface area contributed by atoms with Crippen molar-refractivity contribution in [3.05, 3.63) is 18.5 Å². The summed E-state index contributed by atoms with van der Waals surface area (Å²) in [6.07, 6.45) is 5.67. The van der Waals surface area contributed by atoms with E-state index in [4.69, 9.17) is 0 Å². The van der Waals surface area contributed by atoms with Gasteiger partial charge in [-0.05, 0) is 25.5 Å². The smallest absolute Gasteiger partial charge is 0.241 e. The predicted octanol–water partition coefficient (Wildman–Crippen LogP) is -0.249. The highest BCUT2D eigenvalue weighted by Gasteiger charge is 2.15. The molecule has 1 fully saturated rings. The molecule has 1 aromatic heterocycles. The summed E-state index contributed by atoms with van der Waals surface area (Å²) in [5.41, 5.74) is 0. The number of hydrogen-bond acceptors (Lipinski definition) is 3. The van der Waals surface area contributed by atoms with Gasteiger partial charge < -0.3 is 10.6 Å². The van der Waals surface area contributed by atoms with Gasteiger partial charge in [-0.25, -0.2) is 0 Å². The zero-order chi connectivity index (χ0) is 10.5. The molecule has 2 heterocycles. The van der Waals surface area contributed by atoms with Crippen LogP contribution in [0.4, 0.5) is 0 Å². The highest BCUT2D eigenvalue weighted by molar-refractivity contribution is 5.75. The second-order valence-corrected chi connectivity index (χ2v) is 3.81. The number of piperidine rings is 1.